The molecule has 2 rings (SSSR count). The number of benzene rings is 2. The van der Waals surface area contributed by atoms with Crippen molar-refractivity contribution in [3.05, 3.63) is 71.8 Å². The van der Waals surface area contributed by atoms with E-state index in [1.807, 2.05) is 12.1 Å². The molecule has 2 aromatic carbocycles. The summed E-state index contributed by atoms with van der Waals surface area (Å²) in [6.07, 6.45) is 8.59. The van der Waals surface area contributed by atoms with Gasteiger partial charge in [-0.1, -0.05) is 86.3 Å². The molecule has 0 aliphatic heterocycles. The first-order chi connectivity index (χ1) is 10.3. The number of terminal acetylenes is 1. The topological polar surface area (TPSA) is 9.23 Å². The first-order valence-electron chi connectivity index (χ1n) is 7.52. The summed E-state index contributed by atoms with van der Waals surface area (Å²) >= 11 is 0. The van der Waals surface area contributed by atoms with Crippen LogP contribution in [0.15, 0.2) is 60.7 Å². The molecule has 108 valence electrons. The summed E-state index contributed by atoms with van der Waals surface area (Å²) in [5.41, 5.74) is 1.88. The molecule has 0 aliphatic rings. The number of rotatable bonds is 7. The SMILES string of the molecule is C#CCOC(CCCC)(c1ccccc1)c1ccccc1. The Labute approximate surface area is 128 Å². The van der Waals surface area contributed by atoms with E-state index in [1.54, 1.807) is 0 Å². The molecule has 0 fully saturated rings. The van der Waals surface area contributed by atoms with E-state index >= 15 is 0 Å². The molecule has 2 aromatic rings. The van der Waals surface area contributed by atoms with Crippen LogP contribution in [0.2, 0.25) is 0 Å². The highest BCUT2D eigenvalue weighted by molar-refractivity contribution is 5.36. The predicted octanol–water partition coefficient (Wildman–Crippen LogP) is 4.77. The molecule has 0 radical (unpaired) electrons. The summed E-state index contributed by atoms with van der Waals surface area (Å²) in [7, 11) is 0. The molecular formula is C20H22O. The molecule has 0 heterocycles. The summed E-state index contributed by atoms with van der Waals surface area (Å²) in [6.45, 7) is 2.51. The standard InChI is InChI=1S/C20H22O/c1-3-5-16-20(21-17-4-2,18-12-8-6-9-13-18)19-14-10-7-11-15-19/h2,6-15H,3,5,16-17H2,1H3. The lowest BCUT2D eigenvalue weighted by Gasteiger charge is -2.34. The zero-order valence-corrected chi connectivity index (χ0v) is 12.6. The average molecular weight is 278 g/mol. The monoisotopic (exact) mass is 278 g/mol. The van der Waals surface area contributed by atoms with Gasteiger partial charge < -0.3 is 4.74 Å². The van der Waals surface area contributed by atoms with Crippen LogP contribution >= 0.6 is 0 Å². The Kier molecular flexibility index (Phi) is 5.60. The van der Waals surface area contributed by atoms with Crippen LogP contribution in [0.3, 0.4) is 0 Å². The third kappa shape index (κ3) is 3.54. The van der Waals surface area contributed by atoms with Gasteiger partial charge in [-0.15, -0.1) is 6.42 Å². The Morgan fingerprint density at radius 3 is 1.90 bits per heavy atom. The van der Waals surface area contributed by atoms with Crippen molar-refractivity contribution in [3.63, 3.8) is 0 Å². The average Bonchev–Trinajstić information content (AvgIpc) is 2.57. The van der Waals surface area contributed by atoms with Gasteiger partial charge in [0.25, 0.3) is 0 Å². The fraction of sp³-hybridized carbons (Fsp3) is 0.300. The fourth-order valence-corrected chi connectivity index (χ4v) is 2.70. The maximum Gasteiger partial charge on any atom is 0.119 e. The molecule has 0 saturated carbocycles. The molecule has 0 amide bonds. The first kappa shape index (κ1) is 15.4. The quantitative estimate of drug-likeness (QED) is 0.663. The molecule has 0 atom stereocenters. The molecule has 0 N–H and O–H groups in total. The molecule has 0 spiro atoms. The van der Waals surface area contributed by atoms with Crippen molar-refractivity contribution in [2.75, 3.05) is 6.61 Å². The van der Waals surface area contributed by atoms with E-state index < -0.39 is 5.60 Å². The summed E-state index contributed by atoms with van der Waals surface area (Å²) in [4.78, 5) is 0. The van der Waals surface area contributed by atoms with Gasteiger partial charge in [-0.2, -0.15) is 0 Å². The number of ether oxygens (including phenoxy) is 1. The summed E-state index contributed by atoms with van der Waals surface area (Å²) in [5, 5.41) is 0. The lowest BCUT2D eigenvalue weighted by atomic mass is 9.82. The second kappa shape index (κ2) is 7.67. The fourth-order valence-electron chi connectivity index (χ4n) is 2.70. The van der Waals surface area contributed by atoms with Crippen molar-refractivity contribution in [1.29, 1.82) is 0 Å². The highest BCUT2D eigenvalue weighted by Crippen LogP contribution is 2.38. The Balaban J connectivity index is 2.51. The number of hydrogen-bond acceptors (Lipinski definition) is 1. The lowest BCUT2D eigenvalue weighted by Crippen LogP contribution is -2.31. The normalized spacial score (nSPS) is 11.0. The molecule has 1 nitrogen and oxygen atoms in total. The zero-order chi connectivity index (χ0) is 15.0. The van der Waals surface area contributed by atoms with Crippen molar-refractivity contribution in [2.45, 2.75) is 31.8 Å². The maximum absolute atomic E-state index is 6.22. The number of hydrogen-bond donors (Lipinski definition) is 0. The van der Waals surface area contributed by atoms with Gasteiger partial charge in [0.2, 0.25) is 0 Å². The maximum atomic E-state index is 6.22. The van der Waals surface area contributed by atoms with Gasteiger partial charge in [0.15, 0.2) is 0 Å². The minimum Gasteiger partial charge on any atom is -0.353 e. The van der Waals surface area contributed by atoms with Crippen LogP contribution in [0.1, 0.15) is 37.3 Å². The number of unbranched alkanes of at least 4 members (excludes halogenated alkanes) is 1. The smallest absolute Gasteiger partial charge is 0.119 e. The molecular weight excluding hydrogens is 256 g/mol. The first-order valence-corrected chi connectivity index (χ1v) is 7.52. The highest BCUT2D eigenvalue weighted by atomic mass is 16.5. The summed E-state index contributed by atoms with van der Waals surface area (Å²) in [6, 6.07) is 20.8. The Hall–Kier alpha value is -2.04. The van der Waals surface area contributed by atoms with Crippen molar-refractivity contribution >= 4 is 0 Å². The van der Waals surface area contributed by atoms with Gasteiger partial charge >= 0.3 is 0 Å². The molecule has 0 saturated heterocycles. The van der Waals surface area contributed by atoms with Gasteiger partial charge in [0.05, 0.1) is 0 Å². The third-order valence-corrected chi connectivity index (χ3v) is 3.76. The molecule has 0 aliphatic carbocycles. The van der Waals surface area contributed by atoms with Gasteiger partial charge in [-0.25, -0.2) is 0 Å². The second-order valence-electron chi connectivity index (χ2n) is 5.16. The molecule has 21 heavy (non-hydrogen) atoms. The van der Waals surface area contributed by atoms with E-state index in [-0.39, 0.29) is 0 Å². The van der Waals surface area contributed by atoms with Crippen LogP contribution in [-0.4, -0.2) is 6.61 Å². The Morgan fingerprint density at radius 2 is 1.48 bits per heavy atom. The molecule has 0 bridgehead atoms. The van der Waals surface area contributed by atoms with E-state index in [0.717, 1.165) is 19.3 Å². The van der Waals surface area contributed by atoms with Crippen LogP contribution < -0.4 is 0 Å². The van der Waals surface area contributed by atoms with E-state index in [4.69, 9.17) is 11.2 Å². The highest BCUT2D eigenvalue weighted by Gasteiger charge is 2.34. The summed E-state index contributed by atoms with van der Waals surface area (Å²) < 4.78 is 6.22. The Bertz CT molecular complexity index is 526. The van der Waals surface area contributed by atoms with Crippen molar-refractivity contribution in [2.24, 2.45) is 0 Å². The minimum atomic E-state index is -0.453. The van der Waals surface area contributed by atoms with Crippen LogP contribution in [0, 0.1) is 12.3 Å². The van der Waals surface area contributed by atoms with E-state index in [0.29, 0.717) is 6.61 Å². The van der Waals surface area contributed by atoms with Crippen LogP contribution in [0.25, 0.3) is 0 Å². The van der Waals surface area contributed by atoms with Crippen LogP contribution in [0.4, 0.5) is 0 Å². The van der Waals surface area contributed by atoms with Gasteiger partial charge in [-0.3, -0.25) is 0 Å². The molecule has 0 unspecified atom stereocenters. The van der Waals surface area contributed by atoms with Crippen LogP contribution in [-0.2, 0) is 10.3 Å². The van der Waals surface area contributed by atoms with Crippen LogP contribution in [0.5, 0.6) is 0 Å². The molecule has 0 aromatic heterocycles. The minimum absolute atomic E-state index is 0.313. The van der Waals surface area contributed by atoms with Gasteiger partial charge in [-0.05, 0) is 17.5 Å². The third-order valence-electron chi connectivity index (χ3n) is 3.76. The predicted molar refractivity (Wildman–Crippen MR) is 88.0 cm³/mol. The lowest BCUT2D eigenvalue weighted by molar-refractivity contribution is -0.00735. The van der Waals surface area contributed by atoms with Crippen molar-refractivity contribution in [1.82, 2.24) is 0 Å². The van der Waals surface area contributed by atoms with Gasteiger partial charge in [0, 0.05) is 0 Å². The molecule has 1 heteroatoms. The van der Waals surface area contributed by atoms with E-state index in [1.165, 1.54) is 11.1 Å². The van der Waals surface area contributed by atoms with Crippen molar-refractivity contribution in [3.8, 4) is 12.3 Å². The zero-order valence-electron chi connectivity index (χ0n) is 12.6. The summed E-state index contributed by atoms with van der Waals surface area (Å²) in [5.74, 6) is 2.62. The van der Waals surface area contributed by atoms with E-state index in [2.05, 4.69) is 61.4 Å². The largest absolute Gasteiger partial charge is 0.353 e. The Morgan fingerprint density at radius 1 is 0.952 bits per heavy atom. The second-order valence-corrected chi connectivity index (χ2v) is 5.16. The van der Waals surface area contributed by atoms with Gasteiger partial charge in [0.1, 0.15) is 12.2 Å². The van der Waals surface area contributed by atoms with Crippen molar-refractivity contribution < 1.29 is 4.74 Å². The van der Waals surface area contributed by atoms with E-state index in [9.17, 15) is 0 Å².